The van der Waals surface area contributed by atoms with E-state index in [9.17, 15) is 9.59 Å². The van der Waals surface area contributed by atoms with Crippen molar-refractivity contribution < 1.29 is 19.1 Å². The number of esters is 2. The zero-order chi connectivity index (χ0) is 11.3. The van der Waals surface area contributed by atoms with Crippen molar-refractivity contribution in [2.24, 2.45) is 5.41 Å². The van der Waals surface area contributed by atoms with Crippen LogP contribution in [-0.2, 0) is 19.1 Å². The Bertz CT molecular complexity index is 283. The standard InChI is InChI=1S/C11H14O4/c1-9(12)14-7-11(5-3-4-6-11)8-15-10(2)13/h3-6H,7-8H2,1-2H3. The summed E-state index contributed by atoms with van der Waals surface area (Å²) in [6, 6.07) is 0. The first-order valence-electron chi connectivity index (χ1n) is 4.68. The van der Waals surface area contributed by atoms with Crippen LogP contribution in [0.3, 0.4) is 0 Å². The van der Waals surface area contributed by atoms with Crippen molar-refractivity contribution >= 4 is 11.9 Å². The molecule has 1 rings (SSSR count). The summed E-state index contributed by atoms with van der Waals surface area (Å²) in [6.07, 6.45) is 7.40. The highest BCUT2D eigenvalue weighted by Crippen LogP contribution is 2.27. The van der Waals surface area contributed by atoms with Gasteiger partial charge in [-0.05, 0) is 0 Å². The molecule has 15 heavy (non-hydrogen) atoms. The van der Waals surface area contributed by atoms with Crippen LogP contribution in [0.2, 0.25) is 0 Å². The SMILES string of the molecule is CC(=O)OCC1(COC(C)=O)C=CC=C1. The van der Waals surface area contributed by atoms with E-state index >= 15 is 0 Å². The Kier molecular flexibility index (Phi) is 3.66. The predicted octanol–water partition coefficient (Wildman–Crippen LogP) is 1.23. The van der Waals surface area contributed by atoms with E-state index in [1.54, 1.807) is 0 Å². The average molecular weight is 210 g/mol. The summed E-state index contributed by atoms with van der Waals surface area (Å²) in [5.74, 6) is -0.684. The van der Waals surface area contributed by atoms with Crippen LogP contribution in [0, 0.1) is 5.41 Å². The second-order valence-electron chi connectivity index (χ2n) is 3.51. The maximum atomic E-state index is 10.7. The highest BCUT2D eigenvalue weighted by Gasteiger charge is 2.29. The van der Waals surface area contributed by atoms with Gasteiger partial charge in [0.05, 0.1) is 5.41 Å². The van der Waals surface area contributed by atoms with E-state index in [1.165, 1.54) is 13.8 Å². The molecule has 0 amide bonds. The summed E-state index contributed by atoms with van der Waals surface area (Å²) in [6.45, 7) is 3.09. The second kappa shape index (κ2) is 4.77. The molecule has 82 valence electrons. The molecule has 0 N–H and O–H groups in total. The summed E-state index contributed by atoms with van der Waals surface area (Å²) >= 11 is 0. The van der Waals surface area contributed by atoms with Crippen LogP contribution in [0.15, 0.2) is 24.3 Å². The van der Waals surface area contributed by atoms with Crippen molar-refractivity contribution in [1.82, 2.24) is 0 Å². The topological polar surface area (TPSA) is 52.6 Å². The van der Waals surface area contributed by atoms with E-state index in [0.29, 0.717) is 0 Å². The van der Waals surface area contributed by atoms with Gasteiger partial charge in [0, 0.05) is 13.8 Å². The fourth-order valence-electron chi connectivity index (χ4n) is 1.26. The van der Waals surface area contributed by atoms with Gasteiger partial charge in [0.25, 0.3) is 0 Å². The third-order valence-electron chi connectivity index (χ3n) is 2.06. The molecule has 0 bridgehead atoms. The summed E-state index contributed by atoms with van der Waals surface area (Å²) in [5.41, 5.74) is -0.489. The summed E-state index contributed by atoms with van der Waals surface area (Å²) in [5, 5.41) is 0. The molecular weight excluding hydrogens is 196 g/mol. The van der Waals surface area contributed by atoms with Crippen molar-refractivity contribution in [2.75, 3.05) is 13.2 Å². The Morgan fingerprint density at radius 3 is 1.73 bits per heavy atom. The number of rotatable bonds is 4. The summed E-state index contributed by atoms with van der Waals surface area (Å²) < 4.78 is 9.86. The summed E-state index contributed by atoms with van der Waals surface area (Å²) in [4.78, 5) is 21.4. The van der Waals surface area contributed by atoms with Crippen molar-refractivity contribution in [3.05, 3.63) is 24.3 Å². The Hall–Kier alpha value is -1.58. The molecule has 1 aliphatic carbocycles. The Morgan fingerprint density at radius 1 is 1.00 bits per heavy atom. The quantitative estimate of drug-likeness (QED) is 0.655. The van der Waals surface area contributed by atoms with E-state index in [1.807, 2.05) is 24.3 Å². The molecule has 0 spiro atoms. The first-order valence-corrected chi connectivity index (χ1v) is 4.68. The van der Waals surface area contributed by atoms with E-state index < -0.39 is 5.41 Å². The number of carbonyl (C=O) groups excluding carboxylic acids is 2. The van der Waals surface area contributed by atoms with Crippen LogP contribution in [-0.4, -0.2) is 25.2 Å². The monoisotopic (exact) mass is 210 g/mol. The zero-order valence-electron chi connectivity index (χ0n) is 8.86. The Balaban J connectivity index is 2.55. The number of carbonyl (C=O) groups is 2. The third kappa shape index (κ3) is 3.58. The molecule has 0 aromatic heterocycles. The van der Waals surface area contributed by atoms with Crippen molar-refractivity contribution in [3.8, 4) is 0 Å². The Labute approximate surface area is 88.6 Å². The van der Waals surface area contributed by atoms with Crippen molar-refractivity contribution in [1.29, 1.82) is 0 Å². The fourth-order valence-corrected chi connectivity index (χ4v) is 1.26. The van der Waals surface area contributed by atoms with Crippen LogP contribution in [0.25, 0.3) is 0 Å². The number of ether oxygens (including phenoxy) is 2. The minimum absolute atomic E-state index is 0.197. The molecule has 0 radical (unpaired) electrons. The number of hydrogen-bond donors (Lipinski definition) is 0. The van der Waals surface area contributed by atoms with Crippen LogP contribution in [0.5, 0.6) is 0 Å². The van der Waals surface area contributed by atoms with E-state index in [-0.39, 0.29) is 25.2 Å². The third-order valence-corrected chi connectivity index (χ3v) is 2.06. The van der Waals surface area contributed by atoms with Crippen LogP contribution < -0.4 is 0 Å². The Morgan fingerprint density at radius 2 is 1.40 bits per heavy atom. The van der Waals surface area contributed by atoms with Gasteiger partial charge in [-0.15, -0.1) is 0 Å². The van der Waals surface area contributed by atoms with Crippen molar-refractivity contribution in [3.63, 3.8) is 0 Å². The normalized spacial score (nSPS) is 16.4. The van der Waals surface area contributed by atoms with Gasteiger partial charge in [-0.2, -0.15) is 0 Å². The molecule has 0 saturated carbocycles. The molecule has 0 fully saturated rings. The highest BCUT2D eigenvalue weighted by molar-refractivity contribution is 5.66. The zero-order valence-corrected chi connectivity index (χ0v) is 8.86. The molecule has 0 saturated heterocycles. The minimum Gasteiger partial charge on any atom is -0.464 e. The lowest BCUT2D eigenvalue weighted by Gasteiger charge is -2.23. The molecule has 0 unspecified atom stereocenters. The van der Waals surface area contributed by atoms with E-state index in [2.05, 4.69) is 0 Å². The van der Waals surface area contributed by atoms with Gasteiger partial charge in [0.1, 0.15) is 13.2 Å². The number of hydrogen-bond acceptors (Lipinski definition) is 4. The maximum absolute atomic E-state index is 10.7. The maximum Gasteiger partial charge on any atom is 0.302 e. The van der Waals surface area contributed by atoms with Crippen LogP contribution in [0.1, 0.15) is 13.8 Å². The van der Waals surface area contributed by atoms with Crippen LogP contribution in [0.4, 0.5) is 0 Å². The molecule has 1 aliphatic rings. The molecule has 0 aromatic rings. The minimum atomic E-state index is -0.489. The molecule has 0 atom stereocenters. The largest absolute Gasteiger partial charge is 0.464 e. The first kappa shape index (κ1) is 11.5. The highest BCUT2D eigenvalue weighted by atomic mass is 16.5. The van der Waals surface area contributed by atoms with Gasteiger partial charge in [0.2, 0.25) is 0 Å². The van der Waals surface area contributed by atoms with Gasteiger partial charge in [0.15, 0.2) is 0 Å². The molecular formula is C11H14O4. The molecule has 4 heteroatoms. The first-order chi connectivity index (χ1) is 7.04. The molecule has 0 aliphatic heterocycles. The lowest BCUT2D eigenvalue weighted by Crippen LogP contribution is -2.29. The van der Waals surface area contributed by atoms with E-state index in [0.717, 1.165) is 0 Å². The smallest absolute Gasteiger partial charge is 0.302 e. The predicted molar refractivity (Wildman–Crippen MR) is 54.0 cm³/mol. The summed E-state index contributed by atoms with van der Waals surface area (Å²) in [7, 11) is 0. The second-order valence-corrected chi connectivity index (χ2v) is 3.51. The lowest BCUT2D eigenvalue weighted by molar-refractivity contribution is -0.147. The number of allylic oxidation sites excluding steroid dienone is 2. The molecule has 4 nitrogen and oxygen atoms in total. The lowest BCUT2D eigenvalue weighted by atomic mass is 9.92. The van der Waals surface area contributed by atoms with Gasteiger partial charge in [-0.25, -0.2) is 0 Å². The van der Waals surface area contributed by atoms with Crippen LogP contribution >= 0.6 is 0 Å². The average Bonchev–Trinajstić information content (AvgIpc) is 2.61. The van der Waals surface area contributed by atoms with Gasteiger partial charge < -0.3 is 9.47 Å². The molecule has 0 aromatic carbocycles. The van der Waals surface area contributed by atoms with Gasteiger partial charge in [-0.1, -0.05) is 24.3 Å². The fraction of sp³-hybridized carbons (Fsp3) is 0.455. The molecule has 0 heterocycles. The van der Waals surface area contributed by atoms with Gasteiger partial charge >= 0.3 is 11.9 Å². The van der Waals surface area contributed by atoms with Gasteiger partial charge in [-0.3, -0.25) is 9.59 Å². The van der Waals surface area contributed by atoms with Crippen molar-refractivity contribution in [2.45, 2.75) is 13.8 Å². The van der Waals surface area contributed by atoms with E-state index in [4.69, 9.17) is 9.47 Å².